The van der Waals surface area contributed by atoms with Crippen LogP contribution >= 0.6 is 23.4 Å². The van der Waals surface area contributed by atoms with Gasteiger partial charge in [0.2, 0.25) is 11.1 Å². The van der Waals surface area contributed by atoms with Crippen LogP contribution in [0.4, 0.5) is 11.4 Å². The van der Waals surface area contributed by atoms with Crippen LogP contribution < -0.4 is 10.2 Å². The number of halogens is 1. The Kier molecular flexibility index (Phi) is 5.75. The average Bonchev–Trinajstić information content (AvgIpc) is 3.09. The predicted octanol–water partition coefficient (Wildman–Crippen LogP) is 3.11. The van der Waals surface area contributed by atoms with Crippen molar-refractivity contribution in [3.63, 3.8) is 0 Å². The van der Waals surface area contributed by atoms with Gasteiger partial charge in [-0.1, -0.05) is 23.4 Å². The van der Waals surface area contributed by atoms with Crippen LogP contribution in [0.15, 0.2) is 53.7 Å². The zero-order chi connectivity index (χ0) is 18.5. The second kappa shape index (κ2) is 8.20. The van der Waals surface area contributed by atoms with E-state index in [4.69, 9.17) is 11.6 Å². The van der Waals surface area contributed by atoms with Gasteiger partial charge in [0.15, 0.2) is 0 Å². The Morgan fingerprint density at radius 3 is 2.50 bits per heavy atom. The number of hydrogen-bond donors (Lipinski definition) is 1. The van der Waals surface area contributed by atoms with Gasteiger partial charge in [0.1, 0.15) is 0 Å². The first-order valence-corrected chi connectivity index (χ1v) is 9.13. The van der Waals surface area contributed by atoms with Crippen LogP contribution in [0.3, 0.4) is 0 Å². The zero-order valence-corrected chi connectivity index (χ0v) is 15.8. The van der Waals surface area contributed by atoms with Gasteiger partial charge < -0.3 is 10.2 Å². The van der Waals surface area contributed by atoms with E-state index in [1.807, 2.05) is 55.4 Å². The molecule has 0 unspecified atom stereocenters. The molecule has 1 amide bonds. The van der Waals surface area contributed by atoms with Crippen LogP contribution in [0.2, 0.25) is 5.02 Å². The maximum Gasteiger partial charge on any atom is 0.234 e. The van der Waals surface area contributed by atoms with Gasteiger partial charge in [-0.15, -0.1) is 5.10 Å². The lowest BCUT2D eigenvalue weighted by Gasteiger charge is -2.13. The summed E-state index contributed by atoms with van der Waals surface area (Å²) >= 11 is 7.16. The Morgan fingerprint density at radius 1 is 1.15 bits per heavy atom. The van der Waals surface area contributed by atoms with Crippen molar-refractivity contribution < 1.29 is 4.79 Å². The molecule has 2 aromatic carbocycles. The smallest absolute Gasteiger partial charge is 0.234 e. The number of rotatable bonds is 6. The van der Waals surface area contributed by atoms with Crippen molar-refractivity contribution in [3.8, 4) is 5.69 Å². The molecule has 7 nitrogen and oxygen atoms in total. The fourth-order valence-corrected chi connectivity index (χ4v) is 3.00. The number of thioether (sulfide) groups is 1. The summed E-state index contributed by atoms with van der Waals surface area (Å²) in [5, 5.41) is 15.6. The monoisotopic (exact) mass is 388 g/mol. The summed E-state index contributed by atoms with van der Waals surface area (Å²) in [5.74, 6) is 0.0712. The van der Waals surface area contributed by atoms with Gasteiger partial charge in [0, 0.05) is 30.5 Å². The van der Waals surface area contributed by atoms with Crippen molar-refractivity contribution in [1.82, 2.24) is 20.2 Å². The molecule has 3 rings (SSSR count). The summed E-state index contributed by atoms with van der Waals surface area (Å²) in [5.41, 5.74) is 2.60. The third-order valence-electron chi connectivity index (χ3n) is 3.51. The van der Waals surface area contributed by atoms with E-state index < -0.39 is 0 Å². The quantitative estimate of drug-likeness (QED) is 0.654. The van der Waals surface area contributed by atoms with E-state index in [1.54, 1.807) is 16.8 Å². The van der Waals surface area contributed by atoms with Gasteiger partial charge in [0.05, 0.1) is 11.4 Å². The summed E-state index contributed by atoms with van der Waals surface area (Å²) in [7, 11) is 3.93. The molecule has 0 saturated carbocycles. The van der Waals surface area contributed by atoms with Crippen LogP contribution in [0.5, 0.6) is 0 Å². The maximum atomic E-state index is 12.2. The summed E-state index contributed by atoms with van der Waals surface area (Å²) in [6.45, 7) is 0. The summed E-state index contributed by atoms with van der Waals surface area (Å²) in [4.78, 5) is 14.2. The van der Waals surface area contributed by atoms with Crippen LogP contribution in [-0.4, -0.2) is 46.0 Å². The summed E-state index contributed by atoms with van der Waals surface area (Å²) < 4.78 is 1.57. The number of anilines is 2. The number of benzene rings is 2. The minimum atomic E-state index is -0.127. The van der Waals surface area contributed by atoms with Gasteiger partial charge in [-0.25, -0.2) is 0 Å². The molecule has 0 aliphatic heterocycles. The molecule has 0 fully saturated rings. The standard InChI is InChI=1S/C17H17ClN6OS/c1-23(2)14-9-5-13(6-10-14)19-16(25)11-26-17-20-21-22-24(17)15-7-3-12(18)4-8-15/h3-10H,11H2,1-2H3,(H,19,25). The number of amides is 1. The van der Waals surface area contributed by atoms with Gasteiger partial charge in [0.25, 0.3) is 0 Å². The lowest BCUT2D eigenvalue weighted by Crippen LogP contribution is -2.15. The number of aromatic nitrogens is 4. The average molecular weight is 389 g/mol. The van der Waals surface area contributed by atoms with Crippen molar-refractivity contribution in [2.45, 2.75) is 5.16 Å². The third kappa shape index (κ3) is 4.53. The highest BCUT2D eigenvalue weighted by Crippen LogP contribution is 2.20. The second-order valence-corrected chi connectivity index (χ2v) is 7.01. The second-order valence-electron chi connectivity index (χ2n) is 5.63. The van der Waals surface area contributed by atoms with Crippen molar-refractivity contribution >= 4 is 40.6 Å². The van der Waals surface area contributed by atoms with E-state index in [9.17, 15) is 4.79 Å². The highest BCUT2D eigenvalue weighted by atomic mass is 35.5. The van der Waals surface area contributed by atoms with Crippen molar-refractivity contribution in [2.24, 2.45) is 0 Å². The molecule has 9 heteroatoms. The lowest BCUT2D eigenvalue weighted by molar-refractivity contribution is -0.113. The predicted molar refractivity (Wildman–Crippen MR) is 104 cm³/mol. The first-order chi connectivity index (χ1) is 12.5. The molecule has 134 valence electrons. The Bertz CT molecular complexity index is 879. The van der Waals surface area contributed by atoms with Crippen LogP contribution in [0, 0.1) is 0 Å². The fraction of sp³-hybridized carbons (Fsp3) is 0.176. The van der Waals surface area contributed by atoms with E-state index >= 15 is 0 Å². The first kappa shape index (κ1) is 18.2. The highest BCUT2D eigenvalue weighted by Gasteiger charge is 2.12. The first-order valence-electron chi connectivity index (χ1n) is 7.77. The van der Waals surface area contributed by atoms with E-state index in [1.165, 1.54) is 11.8 Å². The molecule has 0 aliphatic rings. The maximum absolute atomic E-state index is 12.2. The molecule has 0 bridgehead atoms. The largest absolute Gasteiger partial charge is 0.378 e. The lowest BCUT2D eigenvalue weighted by atomic mass is 10.2. The van der Waals surface area contributed by atoms with Crippen molar-refractivity contribution in [2.75, 3.05) is 30.1 Å². The molecular weight excluding hydrogens is 372 g/mol. The minimum absolute atomic E-state index is 0.127. The SMILES string of the molecule is CN(C)c1ccc(NC(=O)CSc2nnnn2-c2ccc(Cl)cc2)cc1. The molecule has 0 saturated heterocycles. The molecule has 26 heavy (non-hydrogen) atoms. The Balaban J connectivity index is 1.60. The van der Waals surface area contributed by atoms with E-state index in [-0.39, 0.29) is 11.7 Å². The molecule has 1 aromatic heterocycles. The molecule has 0 atom stereocenters. The van der Waals surface area contributed by atoms with Crippen molar-refractivity contribution in [3.05, 3.63) is 53.6 Å². The highest BCUT2D eigenvalue weighted by molar-refractivity contribution is 7.99. The molecule has 3 aromatic rings. The van der Waals surface area contributed by atoms with Gasteiger partial charge >= 0.3 is 0 Å². The zero-order valence-electron chi connectivity index (χ0n) is 14.3. The Hall–Kier alpha value is -2.58. The number of nitrogens with one attached hydrogen (secondary N) is 1. The third-order valence-corrected chi connectivity index (χ3v) is 4.68. The molecular formula is C17H17ClN6OS. The molecule has 0 spiro atoms. The van der Waals surface area contributed by atoms with E-state index in [2.05, 4.69) is 20.8 Å². The minimum Gasteiger partial charge on any atom is -0.378 e. The van der Waals surface area contributed by atoms with Gasteiger partial charge in [-0.3, -0.25) is 4.79 Å². The number of hydrogen-bond acceptors (Lipinski definition) is 6. The summed E-state index contributed by atoms with van der Waals surface area (Å²) in [6.07, 6.45) is 0. The van der Waals surface area contributed by atoms with E-state index in [0.29, 0.717) is 10.2 Å². The van der Waals surface area contributed by atoms with Gasteiger partial charge in [-0.2, -0.15) is 4.68 Å². The van der Waals surface area contributed by atoms with Crippen molar-refractivity contribution in [1.29, 1.82) is 0 Å². The molecule has 0 radical (unpaired) electrons. The molecule has 1 heterocycles. The van der Waals surface area contributed by atoms with E-state index in [0.717, 1.165) is 17.1 Å². The van der Waals surface area contributed by atoms with Crippen LogP contribution in [0.1, 0.15) is 0 Å². The Labute approximate surface area is 160 Å². The van der Waals surface area contributed by atoms with Gasteiger partial charge in [-0.05, 0) is 59.0 Å². The fourth-order valence-electron chi connectivity index (χ4n) is 2.18. The van der Waals surface area contributed by atoms with Crippen LogP contribution in [-0.2, 0) is 4.79 Å². The number of nitrogens with zero attached hydrogens (tertiary/aromatic N) is 5. The number of carbonyl (C=O) groups is 1. The number of carbonyl (C=O) groups excluding carboxylic acids is 1. The van der Waals surface area contributed by atoms with Crippen LogP contribution in [0.25, 0.3) is 5.69 Å². The molecule has 0 aliphatic carbocycles. The Morgan fingerprint density at radius 2 is 1.85 bits per heavy atom. The topological polar surface area (TPSA) is 75.9 Å². The normalized spacial score (nSPS) is 10.6. The number of tetrazole rings is 1. The summed E-state index contributed by atoms with van der Waals surface area (Å²) in [6, 6.07) is 14.8. The molecule has 1 N–H and O–H groups in total.